The molecule has 0 amide bonds. The second-order valence-corrected chi connectivity index (χ2v) is 5.05. The van der Waals surface area contributed by atoms with Crippen molar-refractivity contribution in [1.29, 1.82) is 0 Å². The SMILES string of the molecule is COC1CCC(Nc2cc(C(F)(F)F)ccc2F)CC1. The van der Waals surface area contributed by atoms with Crippen molar-refractivity contribution in [3.63, 3.8) is 0 Å². The highest BCUT2D eigenvalue weighted by Crippen LogP contribution is 2.33. The lowest BCUT2D eigenvalue weighted by Crippen LogP contribution is -2.29. The zero-order valence-electron chi connectivity index (χ0n) is 11.1. The maximum atomic E-state index is 13.6. The molecule has 0 bridgehead atoms. The molecule has 112 valence electrons. The fraction of sp³-hybridized carbons (Fsp3) is 0.571. The Morgan fingerprint density at radius 2 is 1.80 bits per heavy atom. The zero-order valence-corrected chi connectivity index (χ0v) is 11.1. The van der Waals surface area contributed by atoms with Crippen molar-refractivity contribution in [3.05, 3.63) is 29.6 Å². The molecule has 6 heteroatoms. The second-order valence-electron chi connectivity index (χ2n) is 5.05. The van der Waals surface area contributed by atoms with E-state index >= 15 is 0 Å². The molecule has 1 fully saturated rings. The maximum Gasteiger partial charge on any atom is 0.416 e. The lowest BCUT2D eigenvalue weighted by atomic mass is 9.92. The van der Waals surface area contributed by atoms with Crippen LogP contribution in [0.5, 0.6) is 0 Å². The summed E-state index contributed by atoms with van der Waals surface area (Å²) in [5.41, 5.74) is -0.923. The highest BCUT2D eigenvalue weighted by molar-refractivity contribution is 5.48. The lowest BCUT2D eigenvalue weighted by Gasteiger charge is -2.29. The summed E-state index contributed by atoms with van der Waals surface area (Å²) in [4.78, 5) is 0. The summed E-state index contributed by atoms with van der Waals surface area (Å²) in [7, 11) is 1.64. The quantitative estimate of drug-likeness (QED) is 0.842. The van der Waals surface area contributed by atoms with Crippen LogP contribution in [0.15, 0.2) is 18.2 Å². The van der Waals surface area contributed by atoms with Crippen molar-refractivity contribution < 1.29 is 22.3 Å². The summed E-state index contributed by atoms with van der Waals surface area (Å²) < 4.78 is 56.7. The Balaban J connectivity index is 2.06. The smallest absolute Gasteiger partial charge is 0.381 e. The van der Waals surface area contributed by atoms with E-state index < -0.39 is 17.6 Å². The van der Waals surface area contributed by atoms with Crippen molar-refractivity contribution in [2.24, 2.45) is 0 Å². The first kappa shape index (κ1) is 15.1. The van der Waals surface area contributed by atoms with Crippen molar-refractivity contribution in [2.75, 3.05) is 12.4 Å². The molecule has 2 rings (SSSR count). The number of hydrogen-bond donors (Lipinski definition) is 1. The molecular formula is C14H17F4NO. The molecule has 0 heterocycles. The molecule has 2 nitrogen and oxygen atoms in total. The number of methoxy groups -OCH3 is 1. The predicted molar refractivity (Wildman–Crippen MR) is 68.1 cm³/mol. The van der Waals surface area contributed by atoms with Crippen LogP contribution in [-0.4, -0.2) is 19.3 Å². The van der Waals surface area contributed by atoms with E-state index in [-0.39, 0.29) is 17.8 Å². The van der Waals surface area contributed by atoms with Crippen LogP contribution in [0.25, 0.3) is 0 Å². The third-order valence-corrected chi connectivity index (χ3v) is 3.66. The minimum Gasteiger partial charge on any atom is -0.381 e. The Bertz CT molecular complexity index is 453. The van der Waals surface area contributed by atoms with E-state index in [0.29, 0.717) is 0 Å². The minimum absolute atomic E-state index is 0.0145. The van der Waals surface area contributed by atoms with Crippen LogP contribution in [0.2, 0.25) is 0 Å². The van der Waals surface area contributed by atoms with E-state index in [0.717, 1.165) is 43.9 Å². The summed E-state index contributed by atoms with van der Waals surface area (Å²) in [6.45, 7) is 0. The number of hydrogen-bond acceptors (Lipinski definition) is 2. The second kappa shape index (κ2) is 5.99. The number of nitrogens with one attached hydrogen (secondary N) is 1. The minimum atomic E-state index is -4.46. The monoisotopic (exact) mass is 291 g/mol. The number of benzene rings is 1. The largest absolute Gasteiger partial charge is 0.416 e. The molecule has 0 atom stereocenters. The Morgan fingerprint density at radius 3 is 2.35 bits per heavy atom. The van der Waals surface area contributed by atoms with E-state index in [1.165, 1.54) is 0 Å². The highest BCUT2D eigenvalue weighted by Gasteiger charge is 2.31. The standard InChI is InChI=1S/C14H17F4NO/c1-20-11-5-3-10(4-6-11)19-13-8-9(14(16,17)18)2-7-12(13)15/h2,7-8,10-11,19H,3-6H2,1H3. The summed E-state index contributed by atoms with van der Waals surface area (Å²) in [6.07, 6.45) is -1.09. The number of rotatable bonds is 3. The van der Waals surface area contributed by atoms with Crippen LogP contribution < -0.4 is 5.32 Å². The van der Waals surface area contributed by atoms with Crippen LogP contribution in [0.1, 0.15) is 31.2 Å². The summed E-state index contributed by atoms with van der Waals surface area (Å²) in [5, 5.41) is 2.88. The number of ether oxygens (including phenoxy) is 1. The van der Waals surface area contributed by atoms with Gasteiger partial charge in [0, 0.05) is 13.2 Å². The Hall–Kier alpha value is -1.30. The molecule has 20 heavy (non-hydrogen) atoms. The molecule has 0 saturated heterocycles. The van der Waals surface area contributed by atoms with Crippen LogP contribution in [0.3, 0.4) is 0 Å². The molecule has 0 aromatic heterocycles. The molecule has 1 N–H and O–H groups in total. The molecule has 1 aromatic rings. The summed E-state index contributed by atoms with van der Waals surface area (Å²) >= 11 is 0. The predicted octanol–water partition coefficient (Wildman–Crippen LogP) is 4.21. The Kier molecular flexibility index (Phi) is 4.52. The number of anilines is 1. The molecule has 0 spiro atoms. The van der Waals surface area contributed by atoms with Crippen molar-refractivity contribution >= 4 is 5.69 Å². The van der Waals surface area contributed by atoms with E-state index in [9.17, 15) is 17.6 Å². The summed E-state index contributed by atoms with van der Waals surface area (Å²) in [5.74, 6) is -0.660. The first-order valence-corrected chi connectivity index (χ1v) is 6.56. The molecule has 0 radical (unpaired) electrons. The third-order valence-electron chi connectivity index (χ3n) is 3.66. The van der Waals surface area contributed by atoms with Gasteiger partial charge in [-0.05, 0) is 43.9 Å². The topological polar surface area (TPSA) is 21.3 Å². The molecule has 1 aliphatic carbocycles. The van der Waals surface area contributed by atoms with Crippen molar-refractivity contribution in [3.8, 4) is 0 Å². The molecule has 0 unspecified atom stereocenters. The third kappa shape index (κ3) is 3.62. The average molecular weight is 291 g/mol. The van der Waals surface area contributed by atoms with E-state index in [1.54, 1.807) is 7.11 Å². The molecule has 1 aromatic carbocycles. The molecular weight excluding hydrogens is 274 g/mol. The van der Waals surface area contributed by atoms with Gasteiger partial charge in [0.15, 0.2) is 0 Å². The fourth-order valence-corrected chi connectivity index (χ4v) is 2.47. The van der Waals surface area contributed by atoms with Gasteiger partial charge in [-0.2, -0.15) is 13.2 Å². The molecule has 0 aliphatic heterocycles. The van der Waals surface area contributed by atoms with Crippen LogP contribution >= 0.6 is 0 Å². The van der Waals surface area contributed by atoms with Crippen molar-refractivity contribution in [1.82, 2.24) is 0 Å². The van der Waals surface area contributed by atoms with Gasteiger partial charge in [0.1, 0.15) is 5.82 Å². The van der Waals surface area contributed by atoms with E-state index in [1.807, 2.05) is 0 Å². The van der Waals surface area contributed by atoms with Gasteiger partial charge in [0.2, 0.25) is 0 Å². The van der Waals surface area contributed by atoms with Crippen LogP contribution in [0, 0.1) is 5.82 Å². The first-order chi connectivity index (χ1) is 9.40. The normalized spacial score (nSPS) is 23.6. The van der Waals surface area contributed by atoms with Crippen molar-refractivity contribution in [2.45, 2.75) is 44.0 Å². The van der Waals surface area contributed by atoms with Crippen LogP contribution in [-0.2, 0) is 10.9 Å². The number of alkyl halides is 3. The van der Waals surface area contributed by atoms with Gasteiger partial charge in [-0.3, -0.25) is 0 Å². The highest BCUT2D eigenvalue weighted by atomic mass is 19.4. The van der Waals surface area contributed by atoms with E-state index in [2.05, 4.69) is 5.32 Å². The Morgan fingerprint density at radius 1 is 1.15 bits per heavy atom. The molecule has 1 saturated carbocycles. The maximum absolute atomic E-state index is 13.6. The van der Waals surface area contributed by atoms with Gasteiger partial charge in [-0.1, -0.05) is 0 Å². The van der Waals surface area contributed by atoms with Gasteiger partial charge >= 0.3 is 6.18 Å². The zero-order chi connectivity index (χ0) is 14.8. The van der Waals surface area contributed by atoms with E-state index in [4.69, 9.17) is 4.74 Å². The molecule has 1 aliphatic rings. The van der Waals surface area contributed by atoms with Gasteiger partial charge in [0.25, 0.3) is 0 Å². The van der Waals surface area contributed by atoms with Crippen LogP contribution in [0.4, 0.5) is 23.2 Å². The first-order valence-electron chi connectivity index (χ1n) is 6.56. The lowest BCUT2D eigenvalue weighted by molar-refractivity contribution is -0.137. The Labute approximate surface area is 115 Å². The van der Waals surface area contributed by atoms with Gasteiger partial charge in [-0.15, -0.1) is 0 Å². The fourth-order valence-electron chi connectivity index (χ4n) is 2.47. The van der Waals surface area contributed by atoms with Gasteiger partial charge in [-0.25, -0.2) is 4.39 Å². The van der Waals surface area contributed by atoms with Gasteiger partial charge in [0.05, 0.1) is 17.4 Å². The van der Waals surface area contributed by atoms with Gasteiger partial charge < -0.3 is 10.1 Å². The number of halogens is 4. The summed E-state index contributed by atoms with van der Waals surface area (Å²) in [6, 6.07) is 2.42. The average Bonchev–Trinajstić information content (AvgIpc) is 2.41.